The van der Waals surface area contributed by atoms with Crippen LogP contribution in [0.15, 0.2) is 0 Å². The average Bonchev–Trinajstić information content (AvgIpc) is 2.52. The van der Waals surface area contributed by atoms with Crippen molar-refractivity contribution >= 4 is 11.9 Å². The van der Waals surface area contributed by atoms with Crippen molar-refractivity contribution in [3.63, 3.8) is 0 Å². The Hall–Kier alpha value is -1.26. The molecule has 0 aromatic rings. The van der Waals surface area contributed by atoms with E-state index in [9.17, 15) is 30.0 Å². The third-order valence-electron chi connectivity index (χ3n) is 4.20. The summed E-state index contributed by atoms with van der Waals surface area (Å²) in [6.07, 6.45) is 0.531. The van der Waals surface area contributed by atoms with E-state index < -0.39 is 42.5 Å². The van der Waals surface area contributed by atoms with Crippen LogP contribution in [0.25, 0.3) is 0 Å². The molecule has 0 saturated carbocycles. The Morgan fingerprint density at radius 2 is 1.33 bits per heavy atom. The fraction of sp³-hybridized carbons (Fsp3) is 0.867. The Morgan fingerprint density at radius 1 is 0.833 bits per heavy atom. The SMILES string of the molecule is O=C1CCCCCCCCC(=O)O[C@]2(O)[C@@H](O)[C@H](O)COC2(O)O1. The number of hydrogen-bond acceptors (Lipinski definition) is 9. The highest BCUT2D eigenvalue weighted by molar-refractivity contribution is 5.71. The third-order valence-corrected chi connectivity index (χ3v) is 4.20. The predicted octanol–water partition coefficient (Wildman–Crippen LogP) is -0.706. The van der Waals surface area contributed by atoms with Crippen LogP contribution in [0.1, 0.15) is 51.4 Å². The van der Waals surface area contributed by atoms with Gasteiger partial charge < -0.3 is 34.6 Å². The van der Waals surface area contributed by atoms with Crippen molar-refractivity contribution in [1.29, 1.82) is 0 Å². The fourth-order valence-corrected chi connectivity index (χ4v) is 2.74. The molecule has 24 heavy (non-hydrogen) atoms. The lowest BCUT2D eigenvalue weighted by molar-refractivity contribution is -0.498. The van der Waals surface area contributed by atoms with Crippen molar-refractivity contribution in [3.8, 4) is 0 Å². The number of carbonyl (C=O) groups excluding carboxylic acids is 2. The van der Waals surface area contributed by atoms with Crippen LogP contribution in [0.5, 0.6) is 0 Å². The van der Waals surface area contributed by atoms with Gasteiger partial charge in [-0.1, -0.05) is 25.7 Å². The number of hydrogen-bond donors (Lipinski definition) is 4. The molecule has 9 heteroatoms. The number of fused-ring (bicyclic) bond motifs is 1. The predicted molar refractivity (Wildman–Crippen MR) is 77.0 cm³/mol. The summed E-state index contributed by atoms with van der Waals surface area (Å²) in [4.78, 5) is 23.8. The van der Waals surface area contributed by atoms with E-state index in [1.807, 2.05) is 0 Å². The molecule has 1 unspecified atom stereocenters. The molecule has 2 fully saturated rings. The van der Waals surface area contributed by atoms with Crippen molar-refractivity contribution in [2.45, 2.75) is 75.3 Å². The highest BCUT2D eigenvalue weighted by atomic mass is 16.9. The van der Waals surface area contributed by atoms with Gasteiger partial charge in [0.05, 0.1) is 6.61 Å². The Kier molecular flexibility index (Phi) is 6.16. The largest absolute Gasteiger partial charge is 0.420 e. The maximum Gasteiger partial charge on any atom is 0.399 e. The van der Waals surface area contributed by atoms with E-state index >= 15 is 0 Å². The monoisotopic (exact) mass is 348 g/mol. The molecule has 0 aromatic carbocycles. The molecule has 2 saturated heterocycles. The second-order valence-electron chi connectivity index (χ2n) is 6.17. The van der Waals surface area contributed by atoms with Crippen molar-refractivity contribution in [2.75, 3.05) is 6.61 Å². The maximum atomic E-state index is 11.9. The minimum Gasteiger partial charge on any atom is -0.420 e. The molecule has 2 aliphatic heterocycles. The molecule has 2 rings (SSSR count). The van der Waals surface area contributed by atoms with Crippen molar-refractivity contribution < 1.29 is 44.2 Å². The molecule has 2 heterocycles. The number of esters is 2. The number of carbonyl (C=O) groups is 2. The third kappa shape index (κ3) is 4.04. The quantitative estimate of drug-likeness (QED) is 0.418. The molecule has 0 amide bonds. The van der Waals surface area contributed by atoms with Gasteiger partial charge in [0.25, 0.3) is 0 Å². The lowest BCUT2D eigenvalue weighted by Gasteiger charge is -2.46. The highest BCUT2D eigenvalue weighted by Crippen LogP contribution is 2.37. The first-order chi connectivity index (χ1) is 11.3. The van der Waals surface area contributed by atoms with Crippen LogP contribution in [0, 0.1) is 0 Å². The van der Waals surface area contributed by atoms with E-state index in [1.165, 1.54) is 0 Å². The molecule has 0 radical (unpaired) electrons. The molecule has 138 valence electrons. The van der Waals surface area contributed by atoms with Crippen LogP contribution < -0.4 is 0 Å². The average molecular weight is 348 g/mol. The topological polar surface area (TPSA) is 143 Å². The van der Waals surface area contributed by atoms with Gasteiger partial charge in [-0.25, -0.2) is 0 Å². The fourth-order valence-electron chi connectivity index (χ4n) is 2.74. The molecule has 0 aliphatic carbocycles. The van der Waals surface area contributed by atoms with Gasteiger partial charge in [-0.05, 0) is 12.8 Å². The molecule has 0 aromatic heterocycles. The van der Waals surface area contributed by atoms with Crippen molar-refractivity contribution in [2.24, 2.45) is 0 Å². The van der Waals surface area contributed by atoms with E-state index in [0.29, 0.717) is 12.8 Å². The lowest BCUT2D eigenvalue weighted by atomic mass is 9.98. The lowest BCUT2D eigenvalue weighted by Crippen LogP contribution is -2.73. The maximum absolute atomic E-state index is 11.9. The molecule has 2 aliphatic rings. The molecule has 4 N–H and O–H groups in total. The van der Waals surface area contributed by atoms with Crippen LogP contribution in [-0.4, -0.2) is 62.9 Å². The van der Waals surface area contributed by atoms with Crippen molar-refractivity contribution in [3.05, 3.63) is 0 Å². The van der Waals surface area contributed by atoms with Crippen molar-refractivity contribution in [1.82, 2.24) is 0 Å². The number of aliphatic hydroxyl groups excluding tert-OH is 2. The van der Waals surface area contributed by atoms with E-state index in [1.54, 1.807) is 0 Å². The summed E-state index contributed by atoms with van der Waals surface area (Å²) in [6, 6.07) is 0. The van der Waals surface area contributed by atoms with Gasteiger partial charge in [0, 0.05) is 12.8 Å². The molecule has 0 bridgehead atoms. The van der Waals surface area contributed by atoms with E-state index in [2.05, 4.69) is 0 Å². The summed E-state index contributed by atoms with van der Waals surface area (Å²) in [5.74, 6) is -8.02. The summed E-state index contributed by atoms with van der Waals surface area (Å²) < 4.78 is 14.3. The first-order valence-corrected chi connectivity index (χ1v) is 8.17. The summed E-state index contributed by atoms with van der Waals surface area (Å²) in [6.45, 7) is -0.620. The highest BCUT2D eigenvalue weighted by Gasteiger charge is 2.67. The van der Waals surface area contributed by atoms with Crippen LogP contribution in [-0.2, 0) is 23.8 Å². The van der Waals surface area contributed by atoms with Crippen LogP contribution in [0.3, 0.4) is 0 Å². The zero-order valence-electron chi connectivity index (χ0n) is 13.3. The second-order valence-corrected chi connectivity index (χ2v) is 6.17. The number of aliphatic hydroxyl groups is 4. The first kappa shape index (κ1) is 19.1. The second kappa shape index (κ2) is 7.75. The Morgan fingerprint density at radius 3 is 1.92 bits per heavy atom. The summed E-state index contributed by atoms with van der Waals surface area (Å²) in [5, 5.41) is 40.5. The van der Waals surface area contributed by atoms with Gasteiger partial charge in [-0.15, -0.1) is 0 Å². The molecular weight excluding hydrogens is 324 g/mol. The molecule has 9 nitrogen and oxygen atoms in total. The van der Waals surface area contributed by atoms with Crippen LogP contribution >= 0.6 is 0 Å². The van der Waals surface area contributed by atoms with E-state index in [-0.39, 0.29) is 12.8 Å². The van der Waals surface area contributed by atoms with Gasteiger partial charge in [0.15, 0.2) is 6.10 Å². The minimum absolute atomic E-state index is 0.0334. The van der Waals surface area contributed by atoms with Gasteiger partial charge in [-0.3, -0.25) is 9.59 Å². The zero-order valence-corrected chi connectivity index (χ0v) is 13.3. The van der Waals surface area contributed by atoms with E-state index in [0.717, 1.165) is 25.7 Å². The van der Waals surface area contributed by atoms with Gasteiger partial charge in [0.1, 0.15) is 6.10 Å². The minimum atomic E-state index is -3.12. The summed E-state index contributed by atoms with van der Waals surface area (Å²) in [5.41, 5.74) is 0. The molecule has 4 atom stereocenters. The number of ether oxygens (including phenoxy) is 3. The van der Waals surface area contributed by atoms with Gasteiger partial charge in [-0.2, -0.15) is 0 Å². The normalized spacial score (nSPS) is 40.0. The van der Waals surface area contributed by atoms with Gasteiger partial charge in [0.2, 0.25) is 0 Å². The van der Waals surface area contributed by atoms with Crippen LogP contribution in [0.2, 0.25) is 0 Å². The Bertz CT molecular complexity index is 468. The first-order valence-electron chi connectivity index (χ1n) is 8.17. The van der Waals surface area contributed by atoms with E-state index in [4.69, 9.17) is 14.2 Å². The molecular formula is C15H24O9. The standard InChI is InChI=1S/C15H24O9/c16-10-9-22-15(21)14(20,13(10)19)23-11(17)7-5-3-1-2-4-6-8-12(18)24-15/h10,13,16,19-21H,1-9H2/t10-,13+,14-,15?/m1/s1. The smallest absolute Gasteiger partial charge is 0.399 e. The number of rotatable bonds is 0. The zero-order chi connectivity index (χ0) is 17.8. The summed E-state index contributed by atoms with van der Waals surface area (Å²) in [7, 11) is 0. The Labute approximate surface area is 139 Å². The molecule has 0 spiro atoms. The summed E-state index contributed by atoms with van der Waals surface area (Å²) >= 11 is 0. The Balaban J connectivity index is 2.24. The van der Waals surface area contributed by atoms with Gasteiger partial charge >= 0.3 is 23.7 Å². The van der Waals surface area contributed by atoms with Crippen LogP contribution in [0.4, 0.5) is 0 Å².